The molecule has 6 heteroatoms. The molecule has 0 unspecified atom stereocenters. The molecule has 6 nitrogen and oxygen atoms in total. The summed E-state index contributed by atoms with van der Waals surface area (Å²) >= 11 is 0. The Bertz CT molecular complexity index is 805. The number of fused-ring (bicyclic) bond motifs is 1. The van der Waals surface area contributed by atoms with Crippen LogP contribution in [0.1, 0.15) is 12.5 Å². The zero-order valence-corrected chi connectivity index (χ0v) is 14.0. The van der Waals surface area contributed by atoms with Gasteiger partial charge in [0.05, 0.1) is 6.33 Å². The van der Waals surface area contributed by atoms with Gasteiger partial charge in [-0.2, -0.15) is 0 Å². The average molecular weight is 322 g/mol. The molecule has 124 valence electrons. The highest BCUT2D eigenvalue weighted by atomic mass is 15.3. The minimum atomic E-state index is 0.873. The van der Waals surface area contributed by atoms with Crippen molar-refractivity contribution in [1.29, 1.82) is 0 Å². The first-order valence-electron chi connectivity index (χ1n) is 8.52. The van der Waals surface area contributed by atoms with Crippen molar-refractivity contribution in [2.24, 2.45) is 0 Å². The summed E-state index contributed by atoms with van der Waals surface area (Å²) in [5, 5.41) is 0. The van der Waals surface area contributed by atoms with Crippen molar-refractivity contribution in [2.45, 2.75) is 20.0 Å². The second kappa shape index (κ2) is 6.57. The molecule has 1 aliphatic rings. The summed E-state index contributed by atoms with van der Waals surface area (Å²) in [7, 11) is 0. The lowest BCUT2D eigenvalue weighted by molar-refractivity contribution is 0.249. The Kier molecular flexibility index (Phi) is 4.13. The van der Waals surface area contributed by atoms with E-state index in [9.17, 15) is 0 Å². The van der Waals surface area contributed by atoms with Crippen LogP contribution in [0.5, 0.6) is 0 Å². The van der Waals surface area contributed by atoms with Gasteiger partial charge in [-0.3, -0.25) is 4.90 Å². The standard InChI is InChI=1S/C18H22N6/c1-2-23-14-21-16-17(23)19-13-20-18(16)24-10-8-22(9-11-24)12-15-6-4-3-5-7-15/h3-7,13-14H,2,8-12H2,1H3. The summed E-state index contributed by atoms with van der Waals surface area (Å²) in [6.07, 6.45) is 3.51. The van der Waals surface area contributed by atoms with Gasteiger partial charge >= 0.3 is 0 Å². The first-order chi connectivity index (χ1) is 11.8. The fraction of sp³-hybridized carbons (Fsp3) is 0.389. The lowest BCUT2D eigenvalue weighted by Gasteiger charge is -2.35. The number of aromatic nitrogens is 4. The maximum absolute atomic E-state index is 4.53. The van der Waals surface area contributed by atoms with Gasteiger partial charge in [-0.15, -0.1) is 0 Å². The zero-order chi connectivity index (χ0) is 16.4. The van der Waals surface area contributed by atoms with E-state index in [2.05, 4.69) is 66.6 Å². The minimum Gasteiger partial charge on any atom is -0.352 e. The summed E-state index contributed by atoms with van der Waals surface area (Å²) in [6, 6.07) is 10.7. The molecule has 0 spiro atoms. The Labute approximate surface area is 141 Å². The number of rotatable bonds is 4. The maximum atomic E-state index is 4.53. The van der Waals surface area contributed by atoms with Crippen LogP contribution in [0, 0.1) is 0 Å². The molecule has 3 heterocycles. The molecule has 0 atom stereocenters. The fourth-order valence-electron chi connectivity index (χ4n) is 3.29. The highest BCUT2D eigenvalue weighted by Gasteiger charge is 2.21. The van der Waals surface area contributed by atoms with E-state index in [0.717, 1.165) is 56.3 Å². The van der Waals surface area contributed by atoms with Gasteiger partial charge < -0.3 is 9.47 Å². The van der Waals surface area contributed by atoms with Crippen LogP contribution in [0.15, 0.2) is 43.0 Å². The van der Waals surface area contributed by atoms with E-state index in [1.807, 2.05) is 6.33 Å². The summed E-state index contributed by atoms with van der Waals surface area (Å²) < 4.78 is 2.06. The van der Waals surface area contributed by atoms with Crippen LogP contribution < -0.4 is 4.90 Å². The number of imidazole rings is 1. The molecular weight excluding hydrogens is 300 g/mol. The first-order valence-corrected chi connectivity index (χ1v) is 8.52. The smallest absolute Gasteiger partial charge is 0.165 e. The molecule has 1 saturated heterocycles. The fourth-order valence-corrected chi connectivity index (χ4v) is 3.29. The van der Waals surface area contributed by atoms with E-state index in [-0.39, 0.29) is 0 Å². The predicted molar refractivity (Wildman–Crippen MR) is 94.9 cm³/mol. The number of aryl methyl sites for hydroxylation is 1. The molecule has 1 fully saturated rings. The molecular formula is C18H22N6. The third kappa shape index (κ3) is 2.85. The Morgan fingerprint density at radius 2 is 1.75 bits per heavy atom. The van der Waals surface area contributed by atoms with Gasteiger partial charge in [0, 0.05) is 39.3 Å². The third-order valence-electron chi connectivity index (χ3n) is 4.64. The molecule has 4 rings (SSSR count). The van der Waals surface area contributed by atoms with Crippen LogP contribution in [0.25, 0.3) is 11.2 Å². The number of hydrogen-bond acceptors (Lipinski definition) is 5. The second-order valence-electron chi connectivity index (χ2n) is 6.15. The minimum absolute atomic E-state index is 0.873. The Hall–Kier alpha value is -2.47. The molecule has 0 bridgehead atoms. The summed E-state index contributed by atoms with van der Waals surface area (Å²) in [6.45, 7) is 8.00. The van der Waals surface area contributed by atoms with Crippen molar-refractivity contribution in [2.75, 3.05) is 31.1 Å². The molecule has 0 N–H and O–H groups in total. The SMILES string of the molecule is CCn1cnc2c(N3CCN(Cc4ccccc4)CC3)ncnc21. The number of anilines is 1. The van der Waals surface area contributed by atoms with Crippen LogP contribution in [-0.2, 0) is 13.1 Å². The van der Waals surface area contributed by atoms with Crippen LogP contribution in [0.4, 0.5) is 5.82 Å². The lowest BCUT2D eigenvalue weighted by Crippen LogP contribution is -2.46. The van der Waals surface area contributed by atoms with Crippen molar-refractivity contribution in [3.8, 4) is 0 Å². The number of nitrogens with zero attached hydrogens (tertiary/aromatic N) is 6. The monoisotopic (exact) mass is 322 g/mol. The van der Waals surface area contributed by atoms with Crippen molar-refractivity contribution in [3.05, 3.63) is 48.5 Å². The van der Waals surface area contributed by atoms with E-state index in [1.54, 1.807) is 6.33 Å². The van der Waals surface area contributed by atoms with Gasteiger partial charge in [0.1, 0.15) is 6.33 Å². The van der Waals surface area contributed by atoms with Crippen molar-refractivity contribution < 1.29 is 0 Å². The zero-order valence-electron chi connectivity index (χ0n) is 14.0. The van der Waals surface area contributed by atoms with Gasteiger partial charge in [0.25, 0.3) is 0 Å². The van der Waals surface area contributed by atoms with Gasteiger partial charge in [-0.25, -0.2) is 15.0 Å². The molecule has 1 aromatic carbocycles. The molecule has 0 aliphatic carbocycles. The normalized spacial score (nSPS) is 16.0. The van der Waals surface area contributed by atoms with Crippen LogP contribution in [-0.4, -0.2) is 50.6 Å². The lowest BCUT2D eigenvalue weighted by atomic mass is 10.2. The van der Waals surface area contributed by atoms with Gasteiger partial charge in [0.15, 0.2) is 17.0 Å². The molecule has 1 aliphatic heterocycles. The van der Waals surface area contributed by atoms with Gasteiger partial charge in [-0.05, 0) is 12.5 Å². The van der Waals surface area contributed by atoms with E-state index < -0.39 is 0 Å². The summed E-state index contributed by atoms with van der Waals surface area (Å²) in [5.74, 6) is 0.964. The van der Waals surface area contributed by atoms with E-state index in [1.165, 1.54) is 5.56 Å². The van der Waals surface area contributed by atoms with Crippen molar-refractivity contribution >= 4 is 17.0 Å². The van der Waals surface area contributed by atoms with E-state index in [0.29, 0.717) is 0 Å². The Morgan fingerprint density at radius 1 is 0.958 bits per heavy atom. The van der Waals surface area contributed by atoms with Crippen molar-refractivity contribution in [1.82, 2.24) is 24.4 Å². The number of hydrogen-bond donors (Lipinski definition) is 0. The highest BCUT2D eigenvalue weighted by Crippen LogP contribution is 2.22. The number of piperazine rings is 1. The predicted octanol–water partition coefficient (Wildman–Crippen LogP) is 2.17. The van der Waals surface area contributed by atoms with Crippen LogP contribution in [0.3, 0.4) is 0 Å². The van der Waals surface area contributed by atoms with E-state index >= 15 is 0 Å². The number of benzene rings is 1. The largest absolute Gasteiger partial charge is 0.352 e. The average Bonchev–Trinajstić information content (AvgIpc) is 3.06. The van der Waals surface area contributed by atoms with Crippen LogP contribution in [0.2, 0.25) is 0 Å². The summed E-state index contributed by atoms with van der Waals surface area (Å²) in [4.78, 5) is 18.3. The van der Waals surface area contributed by atoms with Gasteiger partial charge in [-0.1, -0.05) is 30.3 Å². The first kappa shape index (κ1) is 15.1. The van der Waals surface area contributed by atoms with Crippen LogP contribution >= 0.6 is 0 Å². The van der Waals surface area contributed by atoms with E-state index in [4.69, 9.17) is 0 Å². The third-order valence-corrected chi connectivity index (χ3v) is 4.64. The summed E-state index contributed by atoms with van der Waals surface area (Å²) in [5.41, 5.74) is 3.21. The molecule has 24 heavy (non-hydrogen) atoms. The second-order valence-corrected chi connectivity index (χ2v) is 6.15. The Balaban J connectivity index is 1.47. The van der Waals surface area contributed by atoms with Crippen molar-refractivity contribution in [3.63, 3.8) is 0 Å². The Morgan fingerprint density at radius 3 is 2.50 bits per heavy atom. The molecule has 2 aromatic heterocycles. The topological polar surface area (TPSA) is 50.1 Å². The highest BCUT2D eigenvalue weighted by molar-refractivity contribution is 5.83. The molecule has 0 saturated carbocycles. The molecule has 0 radical (unpaired) electrons. The quantitative estimate of drug-likeness (QED) is 0.737. The van der Waals surface area contributed by atoms with Gasteiger partial charge in [0.2, 0.25) is 0 Å². The molecule has 3 aromatic rings. The molecule has 0 amide bonds. The maximum Gasteiger partial charge on any atom is 0.165 e.